The van der Waals surface area contributed by atoms with Crippen molar-refractivity contribution in [1.82, 2.24) is 19.9 Å². The van der Waals surface area contributed by atoms with Gasteiger partial charge in [0.1, 0.15) is 5.82 Å². The third-order valence-electron chi connectivity index (χ3n) is 3.62. The number of aromatic amines is 1. The molecule has 0 aliphatic rings. The zero-order valence-corrected chi connectivity index (χ0v) is 12.6. The molecule has 0 aliphatic carbocycles. The maximum absolute atomic E-state index is 11.7. The average Bonchev–Trinajstić information content (AvgIpc) is 2.62. The Hall–Kier alpha value is -3.54. The van der Waals surface area contributed by atoms with E-state index in [1.165, 1.54) is 0 Å². The fourth-order valence-electron chi connectivity index (χ4n) is 2.53. The minimum Gasteiger partial charge on any atom is -0.341 e. The van der Waals surface area contributed by atoms with E-state index < -0.39 is 5.69 Å². The molecule has 0 saturated carbocycles. The number of nitrogens with zero attached hydrogens (tertiary/aromatic N) is 3. The standard InChI is InChI=1S/C18H13N5O/c24-18-22-16-15(7-3-9-20-16)17(23-18)21-14-6-1-4-12(10-14)13-5-2-8-19-11-13/h1-11H,(H2,20,21,22,23,24). The summed E-state index contributed by atoms with van der Waals surface area (Å²) >= 11 is 0. The summed E-state index contributed by atoms with van der Waals surface area (Å²) in [5.41, 5.74) is 2.88. The average molecular weight is 315 g/mol. The first-order chi connectivity index (χ1) is 11.8. The summed E-state index contributed by atoms with van der Waals surface area (Å²) in [6.45, 7) is 0. The zero-order chi connectivity index (χ0) is 16.4. The first-order valence-corrected chi connectivity index (χ1v) is 7.42. The number of H-pyrrole nitrogens is 1. The first kappa shape index (κ1) is 14.1. The number of anilines is 2. The minimum absolute atomic E-state index is 0.409. The summed E-state index contributed by atoms with van der Waals surface area (Å²) in [7, 11) is 0. The van der Waals surface area contributed by atoms with Crippen LogP contribution in [0.25, 0.3) is 22.2 Å². The molecule has 0 radical (unpaired) electrons. The monoisotopic (exact) mass is 315 g/mol. The number of benzene rings is 1. The second-order valence-corrected chi connectivity index (χ2v) is 5.24. The summed E-state index contributed by atoms with van der Waals surface area (Å²) in [4.78, 5) is 26.6. The summed E-state index contributed by atoms with van der Waals surface area (Å²) in [6.07, 6.45) is 5.17. The van der Waals surface area contributed by atoms with Gasteiger partial charge in [0.05, 0.1) is 5.39 Å². The molecule has 0 unspecified atom stereocenters. The van der Waals surface area contributed by atoms with Crippen LogP contribution in [-0.4, -0.2) is 19.9 Å². The molecule has 0 spiro atoms. The Labute approximate surface area is 137 Å². The first-order valence-electron chi connectivity index (χ1n) is 7.42. The number of hydrogen-bond donors (Lipinski definition) is 2. The third kappa shape index (κ3) is 2.72. The van der Waals surface area contributed by atoms with Gasteiger partial charge in [-0.1, -0.05) is 18.2 Å². The lowest BCUT2D eigenvalue weighted by Gasteiger charge is -2.10. The van der Waals surface area contributed by atoms with Crippen LogP contribution < -0.4 is 11.0 Å². The smallest absolute Gasteiger partial charge is 0.341 e. The Morgan fingerprint density at radius 3 is 2.71 bits per heavy atom. The Bertz CT molecular complexity index is 1060. The van der Waals surface area contributed by atoms with Gasteiger partial charge in [-0.2, -0.15) is 4.98 Å². The molecular formula is C18H13N5O. The Morgan fingerprint density at radius 1 is 0.958 bits per heavy atom. The summed E-state index contributed by atoms with van der Waals surface area (Å²) in [5, 5.41) is 4.00. The molecule has 1 aromatic carbocycles. The third-order valence-corrected chi connectivity index (χ3v) is 3.62. The molecule has 3 aromatic heterocycles. The Kier molecular flexibility index (Phi) is 3.47. The van der Waals surface area contributed by atoms with E-state index in [0.717, 1.165) is 22.2 Å². The van der Waals surface area contributed by atoms with Gasteiger partial charge in [0, 0.05) is 29.8 Å². The number of aromatic nitrogens is 4. The summed E-state index contributed by atoms with van der Waals surface area (Å²) < 4.78 is 0. The van der Waals surface area contributed by atoms with Crippen LogP contribution in [0.4, 0.5) is 11.5 Å². The number of hydrogen-bond acceptors (Lipinski definition) is 5. The molecule has 6 nitrogen and oxygen atoms in total. The molecule has 24 heavy (non-hydrogen) atoms. The van der Waals surface area contributed by atoms with Crippen molar-refractivity contribution in [3.05, 3.63) is 77.6 Å². The van der Waals surface area contributed by atoms with Crippen LogP contribution >= 0.6 is 0 Å². The number of nitrogens with one attached hydrogen (secondary N) is 2. The topological polar surface area (TPSA) is 83.6 Å². The molecule has 0 fully saturated rings. The quantitative estimate of drug-likeness (QED) is 0.607. The van der Waals surface area contributed by atoms with Crippen molar-refractivity contribution >= 4 is 22.5 Å². The molecular weight excluding hydrogens is 302 g/mol. The van der Waals surface area contributed by atoms with E-state index in [1.807, 2.05) is 48.7 Å². The van der Waals surface area contributed by atoms with E-state index in [1.54, 1.807) is 18.5 Å². The van der Waals surface area contributed by atoms with Crippen LogP contribution in [0.2, 0.25) is 0 Å². The van der Waals surface area contributed by atoms with Crippen molar-refractivity contribution in [2.75, 3.05) is 5.32 Å². The van der Waals surface area contributed by atoms with Crippen molar-refractivity contribution in [1.29, 1.82) is 0 Å². The van der Waals surface area contributed by atoms with E-state index >= 15 is 0 Å². The lowest BCUT2D eigenvalue weighted by atomic mass is 10.1. The van der Waals surface area contributed by atoms with Crippen LogP contribution in [-0.2, 0) is 0 Å². The summed E-state index contributed by atoms with van der Waals surface area (Å²) in [5.74, 6) is 0.571. The SMILES string of the molecule is O=c1nc2ncccc2c(Nc2cccc(-c3cccnc3)c2)[nH]1. The predicted molar refractivity (Wildman–Crippen MR) is 93.1 cm³/mol. The number of fused-ring (bicyclic) bond motifs is 1. The highest BCUT2D eigenvalue weighted by Crippen LogP contribution is 2.25. The molecule has 6 heteroatoms. The Morgan fingerprint density at radius 2 is 1.83 bits per heavy atom. The van der Waals surface area contributed by atoms with Gasteiger partial charge in [0.2, 0.25) is 0 Å². The van der Waals surface area contributed by atoms with E-state index in [0.29, 0.717) is 11.5 Å². The second-order valence-electron chi connectivity index (χ2n) is 5.24. The van der Waals surface area contributed by atoms with Crippen LogP contribution in [0.15, 0.2) is 71.9 Å². The normalized spacial score (nSPS) is 10.7. The molecule has 116 valence electrons. The second kappa shape index (κ2) is 5.92. The van der Waals surface area contributed by atoms with Crippen LogP contribution in [0.3, 0.4) is 0 Å². The highest BCUT2D eigenvalue weighted by atomic mass is 16.1. The van der Waals surface area contributed by atoms with Crippen molar-refractivity contribution < 1.29 is 0 Å². The fourth-order valence-corrected chi connectivity index (χ4v) is 2.53. The molecule has 0 aliphatic heterocycles. The molecule has 2 N–H and O–H groups in total. The predicted octanol–water partition coefficient (Wildman–Crippen LogP) is 3.12. The molecule has 4 rings (SSSR count). The van der Waals surface area contributed by atoms with Crippen LogP contribution in [0, 0.1) is 0 Å². The van der Waals surface area contributed by atoms with Gasteiger partial charge < -0.3 is 5.32 Å². The molecule has 0 saturated heterocycles. The van der Waals surface area contributed by atoms with Crippen molar-refractivity contribution in [3.8, 4) is 11.1 Å². The van der Waals surface area contributed by atoms with Gasteiger partial charge >= 0.3 is 5.69 Å². The van der Waals surface area contributed by atoms with Crippen molar-refractivity contribution in [2.24, 2.45) is 0 Å². The molecule has 4 aromatic rings. The van der Waals surface area contributed by atoms with E-state index in [-0.39, 0.29) is 0 Å². The maximum atomic E-state index is 11.7. The van der Waals surface area contributed by atoms with Gasteiger partial charge in [0.25, 0.3) is 0 Å². The van der Waals surface area contributed by atoms with Crippen LogP contribution in [0.1, 0.15) is 0 Å². The summed E-state index contributed by atoms with van der Waals surface area (Å²) in [6, 6.07) is 15.5. The minimum atomic E-state index is -0.438. The lowest BCUT2D eigenvalue weighted by Crippen LogP contribution is -2.13. The molecule has 3 heterocycles. The molecule has 0 bridgehead atoms. The van der Waals surface area contributed by atoms with E-state index in [9.17, 15) is 4.79 Å². The fraction of sp³-hybridized carbons (Fsp3) is 0. The van der Waals surface area contributed by atoms with E-state index in [2.05, 4.69) is 25.3 Å². The van der Waals surface area contributed by atoms with Crippen LogP contribution in [0.5, 0.6) is 0 Å². The van der Waals surface area contributed by atoms with Crippen molar-refractivity contribution in [2.45, 2.75) is 0 Å². The number of rotatable bonds is 3. The number of pyridine rings is 2. The van der Waals surface area contributed by atoms with E-state index in [4.69, 9.17) is 0 Å². The highest BCUT2D eigenvalue weighted by Gasteiger charge is 2.06. The lowest BCUT2D eigenvalue weighted by molar-refractivity contribution is 1.10. The molecule has 0 amide bonds. The largest absolute Gasteiger partial charge is 0.348 e. The van der Waals surface area contributed by atoms with Gasteiger partial charge in [-0.15, -0.1) is 0 Å². The highest BCUT2D eigenvalue weighted by molar-refractivity contribution is 5.88. The Balaban J connectivity index is 1.76. The maximum Gasteiger partial charge on any atom is 0.348 e. The van der Waals surface area contributed by atoms with Gasteiger partial charge in [-0.25, -0.2) is 9.78 Å². The van der Waals surface area contributed by atoms with Gasteiger partial charge in [-0.05, 0) is 35.9 Å². The zero-order valence-electron chi connectivity index (χ0n) is 12.6. The van der Waals surface area contributed by atoms with Gasteiger partial charge in [0.15, 0.2) is 5.65 Å². The van der Waals surface area contributed by atoms with Gasteiger partial charge in [-0.3, -0.25) is 9.97 Å². The molecule has 0 atom stereocenters. The van der Waals surface area contributed by atoms with Crippen molar-refractivity contribution in [3.63, 3.8) is 0 Å².